The van der Waals surface area contributed by atoms with Crippen LogP contribution in [0.3, 0.4) is 0 Å². The van der Waals surface area contributed by atoms with Gasteiger partial charge >= 0.3 is 6.09 Å². The second-order valence-electron chi connectivity index (χ2n) is 3.67. The zero-order valence-electron chi connectivity index (χ0n) is 8.44. The fraction of sp³-hybridized carbons (Fsp3) is 0.364. The summed E-state index contributed by atoms with van der Waals surface area (Å²) in [4.78, 5) is 12.8. The van der Waals surface area contributed by atoms with Crippen molar-refractivity contribution in [1.29, 1.82) is 0 Å². The van der Waals surface area contributed by atoms with Gasteiger partial charge in [0.05, 0.1) is 6.04 Å². The average Bonchev–Trinajstić information content (AvgIpc) is 2.53. The number of hydrogen-bond acceptors (Lipinski definition) is 2. The van der Waals surface area contributed by atoms with Crippen LogP contribution < -0.4 is 0 Å². The summed E-state index contributed by atoms with van der Waals surface area (Å²) in [6, 6.07) is 8.29. The second-order valence-corrected chi connectivity index (χ2v) is 4.59. The number of rotatable bonds is 2. The van der Waals surface area contributed by atoms with Crippen molar-refractivity contribution in [3.63, 3.8) is 0 Å². The van der Waals surface area contributed by atoms with Crippen LogP contribution in [0, 0.1) is 0 Å². The van der Waals surface area contributed by atoms with E-state index in [1.807, 2.05) is 12.1 Å². The molecule has 0 spiro atoms. The predicted octanol–water partition coefficient (Wildman–Crippen LogP) is 2.44. The van der Waals surface area contributed by atoms with Crippen LogP contribution in [-0.4, -0.2) is 30.7 Å². The van der Waals surface area contributed by atoms with Crippen molar-refractivity contribution in [1.82, 2.24) is 4.90 Å². The summed E-state index contributed by atoms with van der Waals surface area (Å²) < 4.78 is 6.02. The van der Waals surface area contributed by atoms with E-state index < -0.39 is 0 Å². The highest BCUT2D eigenvalue weighted by molar-refractivity contribution is 9.10. The van der Waals surface area contributed by atoms with Gasteiger partial charge < -0.3 is 9.64 Å². The number of halogens is 1. The highest BCUT2D eigenvalue weighted by atomic mass is 79.9. The van der Waals surface area contributed by atoms with E-state index in [1.54, 1.807) is 11.9 Å². The molecule has 1 heterocycles. The monoisotopic (exact) mass is 269 g/mol. The summed E-state index contributed by atoms with van der Waals surface area (Å²) in [6.45, 7) is 0.491. The Balaban J connectivity index is 2.03. The SMILES string of the molecule is CN1C(=O)OCC1Cc1ccc(Br)cc1. The Labute approximate surface area is 97.2 Å². The first-order valence-corrected chi connectivity index (χ1v) is 5.60. The Morgan fingerprint density at radius 2 is 2.13 bits per heavy atom. The molecular weight excluding hydrogens is 258 g/mol. The molecule has 0 aromatic heterocycles. The van der Waals surface area contributed by atoms with E-state index in [1.165, 1.54) is 5.56 Å². The van der Waals surface area contributed by atoms with Crippen molar-refractivity contribution in [3.05, 3.63) is 34.3 Å². The summed E-state index contributed by atoms with van der Waals surface area (Å²) in [5.41, 5.74) is 1.22. The first-order valence-electron chi connectivity index (χ1n) is 4.81. The molecule has 1 aliphatic heterocycles. The van der Waals surface area contributed by atoms with E-state index in [0.29, 0.717) is 6.61 Å². The molecule has 1 saturated heterocycles. The van der Waals surface area contributed by atoms with E-state index in [2.05, 4.69) is 28.1 Å². The number of amides is 1. The first kappa shape index (κ1) is 10.5. The highest BCUT2D eigenvalue weighted by Crippen LogP contribution is 2.17. The van der Waals surface area contributed by atoms with Crippen molar-refractivity contribution < 1.29 is 9.53 Å². The van der Waals surface area contributed by atoms with Gasteiger partial charge in [0, 0.05) is 11.5 Å². The van der Waals surface area contributed by atoms with Crippen molar-refractivity contribution in [2.24, 2.45) is 0 Å². The maximum Gasteiger partial charge on any atom is 0.409 e. The van der Waals surface area contributed by atoms with Crippen LogP contribution in [0.25, 0.3) is 0 Å². The minimum atomic E-state index is -0.225. The number of benzene rings is 1. The molecule has 0 bridgehead atoms. The first-order chi connectivity index (χ1) is 7.16. The third-order valence-electron chi connectivity index (χ3n) is 2.62. The molecular formula is C11H12BrNO2. The van der Waals surface area contributed by atoms with Crippen LogP contribution in [0.1, 0.15) is 5.56 Å². The molecule has 3 nitrogen and oxygen atoms in total. The Morgan fingerprint density at radius 3 is 2.67 bits per heavy atom. The maximum atomic E-state index is 11.1. The number of ether oxygens (including phenoxy) is 1. The predicted molar refractivity (Wildman–Crippen MR) is 60.7 cm³/mol. The van der Waals surface area contributed by atoms with Gasteiger partial charge in [0.2, 0.25) is 0 Å². The molecule has 1 aromatic rings. The molecule has 0 aliphatic carbocycles. The van der Waals surface area contributed by atoms with Gasteiger partial charge in [-0.3, -0.25) is 0 Å². The van der Waals surface area contributed by atoms with Crippen LogP contribution in [0.2, 0.25) is 0 Å². The molecule has 1 fully saturated rings. The Hall–Kier alpha value is -1.03. The van der Waals surface area contributed by atoms with Gasteiger partial charge in [0.25, 0.3) is 0 Å². The summed E-state index contributed by atoms with van der Waals surface area (Å²) in [7, 11) is 1.78. The molecule has 0 radical (unpaired) electrons. The van der Waals surface area contributed by atoms with Gasteiger partial charge in [-0.25, -0.2) is 4.79 Å². The minimum absolute atomic E-state index is 0.165. The maximum absolute atomic E-state index is 11.1. The van der Waals surface area contributed by atoms with Gasteiger partial charge in [-0.2, -0.15) is 0 Å². The Morgan fingerprint density at radius 1 is 1.47 bits per heavy atom. The van der Waals surface area contributed by atoms with Crippen molar-refractivity contribution in [3.8, 4) is 0 Å². The largest absolute Gasteiger partial charge is 0.447 e. The van der Waals surface area contributed by atoms with Gasteiger partial charge in [0.15, 0.2) is 0 Å². The molecule has 0 saturated carbocycles. The molecule has 4 heteroatoms. The minimum Gasteiger partial charge on any atom is -0.447 e. The topological polar surface area (TPSA) is 29.5 Å². The lowest BCUT2D eigenvalue weighted by atomic mass is 10.1. The average molecular weight is 270 g/mol. The summed E-state index contributed by atoms with van der Waals surface area (Å²) in [5, 5.41) is 0. The molecule has 1 atom stereocenters. The molecule has 1 amide bonds. The summed E-state index contributed by atoms with van der Waals surface area (Å²) in [5.74, 6) is 0. The standard InChI is InChI=1S/C11H12BrNO2/c1-13-10(7-15-11(13)14)6-8-2-4-9(12)5-3-8/h2-5,10H,6-7H2,1H3. The Bertz CT molecular complexity index is 363. The van der Waals surface area contributed by atoms with Crippen molar-refractivity contribution in [2.45, 2.75) is 12.5 Å². The third kappa shape index (κ3) is 2.31. The van der Waals surface area contributed by atoms with Crippen LogP contribution in [0.5, 0.6) is 0 Å². The molecule has 80 valence electrons. The summed E-state index contributed by atoms with van der Waals surface area (Å²) >= 11 is 3.39. The number of likely N-dealkylation sites (N-methyl/N-ethyl adjacent to an activating group) is 1. The molecule has 1 aliphatic rings. The quantitative estimate of drug-likeness (QED) is 0.826. The number of carbonyl (C=O) groups excluding carboxylic acids is 1. The fourth-order valence-corrected chi connectivity index (χ4v) is 1.88. The van der Waals surface area contributed by atoms with Crippen LogP contribution >= 0.6 is 15.9 Å². The number of hydrogen-bond donors (Lipinski definition) is 0. The molecule has 1 aromatic carbocycles. The van der Waals surface area contributed by atoms with E-state index in [4.69, 9.17) is 4.74 Å². The number of carbonyl (C=O) groups is 1. The molecule has 1 unspecified atom stereocenters. The van der Waals surface area contributed by atoms with E-state index >= 15 is 0 Å². The van der Waals surface area contributed by atoms with Gasteiger partial charge in [-0.05, 0) is 24.1 Å². The van der Waals surface area contributed by atoms with Gasteiger partial charge in [-0.15, -0.1) is 0 Å². The van der Waals surface area contributed by atoms with Crippen LogP contribution in [-0.2, 0) is 11.2 Å². The molecule has 15 heavy (non-hydrogen) atoms. The Kier molecular flexibility index (Phi) is 2.95. The molecule has 0 N–H and O–H groups in total. The normalized spacial score (nSPS) is 20.5. The lowest BCUT2D eigenvalue weighted by Gasteiger charge is -2.15. The van der Waals surface area contributed by atoms with E-state index in [0.717, 1.165) is 10.9 Å². The fourth-order valence-electron chi connectivity index (χ4n) is 1.62. The van der Waals surface area contributed by atoms with E-state index in [9.17, 15) is 4.79 Å². The third-order valence-corrected chi connectivity index (χ3v) is 3.15. The zero-order chi connectivity index (χ0) is 10.8. The zero-order valence-corrected chi connectivity index (χ0v) is 10.0. The second kappa shape index (κ2) is 4.23. The van der Waals surface area contributed by atoms with Crippen molar-refractivity contribution >= 4 is 22.0 Å². The highest BCUT2D eigenvalue weighted by Gasteiger charge is 2.29. The van der Waals surface area contributed by atoms with Crippen molar-refractivity contribution in [2.75, 3.05) is 13.7 Å². The molecule has 2 rings (SSSR count). The van der Waals surface area contributed by atoms with E-state index in [-0.39, 0.29) is 12.1 Å². The van der Waals surface area contributed by atoms with Gasteiger partial charge in [0.1, 0.15) is 6.61 Å². The number of nitrogens with zero attached hydrogens (tertiary/aromatic N) is 1. The van der Waals surface area contributed by atoms with Gasteiger partial charge in [-0.1, -0.05) is 28.1 Å². The smallest absolute Gasteiger partial charge is 0.409 e. The van der Waals surface area contributed by atoms with Crippen LogP contribution in [0.4, 0.5) is 4.79 Å². The lowest BCUT2D eigenvalue weighted by molar-refractivity contribution is 0.163. The summed E-state index contributed by atoms with van der Waals surface area (Å²) in [6.07, 6.45) is 0.618. The van der Waals surface area contributed by atoms with Crippen LogP contribution in [0.15, 0.2) is 28.7 Å². The lowest BCUT2D eigenvalue weighted by Crippen LogP contribution is -2.30. The number of cyclic esters (lactones) is 1.